The van der Waals surface area contributed by atoms with Crippen molar-refractivity contribution in [3.05, 3.63) is 56.2 Å². The average molecular weight is 328 g/mol. The fourth-order valence-electron chi connectivity index (χ4n) is 1.69. The number of hydrogen-bond acceptors (Lipinski definition) is 5. The third kappa shape index (κ3) is 3.60. The Morgan fingerprint density at radius 3 is 2.76 bits per heavy atom. The highest BCUT2D eigenvalue weighted by Gasteiger charge is 2.20. The van der Waals surface area contributed by atoms with Crippen LogP contribution < -0.4 is 10.1 Å². The van der Waals surface area contributed by atoms with Crippen LogP contribution in [0.2, 0.25) is 10.0 Å². The van der Waals surface area contributed by atoms with Crippen molar-refractivity contribution < 1.29 is 9.66 Å². The summed E-state index contributed by atoms with van der Waals surface area (Å²) in [4.78, 5) is 14.6. The Kier molecular flexibility index (Phi) is 4.95. The van der Waals surface area contributed by atoms with Gasteiger partial charge in [0.2, 0.25) is 11.6 Å². The van der Waals surface area contributed by atoms with Gasteiger partial charge in [0.15, 0.2) is 0 Å². The van der Waals surface area contributed by atoms with E-state index in [1.54, 1.807) is 13.1 Å². The van der Waals surface area contributed by atoms with Crippen LogP contribution in [0, 0.1) is 10.1 Å². The number of ether oxygens (including phenoxy) is 1. The summed E-state index contributed by atoms with van der Waals surface area (Å²) in [6, 6.07) is 6.02. The van der Waals surface area contributed by atoms with Gasteiger partial charge in [0.1, 0.15) is 0 Å². The van der Waals surface area contributed by atoms with Gasteiger partial charge in [-0.3, -0.25) is 10.1 Å². The second-order valence-corrected chi connectivity index (χ2v) is 4.91. The van der Waals surface area contributed by atoms with Crippen molar-refractivity contribution in [3.8, 4) is 11.6 Å². The first-order chi connectivity index (χ1) is 10.0. The number of aromatic nitrogens is 1. The molecule has 0 amide bonds. The molecule has 0 unspecified atom stereocenters. The van der Waals surface area contributed by atoms with Gasteiger partial charge in [-0.05, 0) is 13.1 Å². The number of rotatable bonds is 5. The Hall–Kier alpha value is -1.89. The van der Waals surface area contributed by atoms with E-state index in [1.807, 2.05) is 6.07 Å². The largest absolute Gasteiger partial charge is 0.431 e. The molecule has 0 aliphatic heterocycles. The number of nitrogens with one attached hydrogen (secondary N) is 1. The highest BCUT2D eigenvalue weighted by molar-refractivity contribution is 6.42. The number of nitro groups is 1. The molecule has 0 aliphatic rings. The zero-order valence-corrected chi connectivity index (χ0v) is 12.5. The summed E-state index contributed by atoms with van der Waals surface area (Å²) in [6.45, 7) is 0.512. The van der Waals surface area contributed by atoms with Crippen LogP contribution in [-0.4, -0.2) is 17.0 Å². The molecular weight excluding hydrogens is 317 g/mol. The molecule has 2 rings (SSSR count). The summed E-state index contributed by atoms with van der Waals surface area (Å²) < 4.78 is 5.55. The highest BCUT2D eigenvalue weighted by Crippen LogP contribution is 2.38. The van der Waals surface area contributed by atoms with Crippen LogP contribution in [0.1, 0.15) is 5.56 Å². The number of halogens is 2. The number of hydrogen-bond donors (Lipinski definition) is 1. The summed E-state index contributed by atoms with van der Waals surface area (Å²) in [5.74, 6) is 0.263. The van der Waals surface area contributed by atoms with Crippen LogP contribution in [0.5, 0.6) is 11.6 Å². The van der Waals surface area contributed by atoms with Crippen LogP contribution >= 0.6 is 23.2 Å². The van der Waals surface area contributed by atoms with Crippen LogP contribution in [0.25, 0.3) is 0 Å². The summed E-state index contributed by atoms with van der Waals surface area (Å²) in [6.07, 6.45) is 1.54. The predicted octanol–water partition coefficient (Wildman–Crippen LogP) is 3.81. The Morgan fingerprint density at radius 2 is 2.10 bits per heavy atom. The maximum Gasteiger partial charge on any atom is 0.313 e. The average Bonchev–Trinajstić information content (AvgIpc) is 2.44. The molecule has 1 heterocycles. The second-order valence-electron chi connectivity index (χ2n) is 4.09. The van der Waals surface area contributed by atoms with Gasteiger partial charge in [-0.1, -0.05) is 29.3 Å². The van der Waals surface area contributed by atoms with Gasteiger partial charge in [-0.2, -0.15) is 0 Å². The monoisotopic (exact) mass is 327 g/mol. The van der Waals surface area contributed by atoms with Crippen LogP contribution in [-0.2, 0) is 6.54 Å². The predicted molar refractivity (Wildman–Crippen MR) is 80.2 cm³/mol. The third-order valence-electron chi connectivity index (χ3n) is 2.62. The molecule has 6 nitrogen and oxygen atoms in total. The number of pyridine rings is 1. The maximum atomic E-state index is 11.1. The van der Waals surface area contributed by atoms with Gasteiger partial charge in [0.05, 0.1) is 15.0 Å². The van der Waals surface area contributed by atoms with Crippen molar-refractivity contribution in [2.24, 2.45) is 0 Å². The van der Waals surface area contributed by atoms with Crippen LogP contribution in [0.3, 0.4) is 0 Å². The first-order valence-electron chi connectivity index (χ1n) is 5.92. The minimum atomic E-state index is -0.585. The van der Waals surface area contributed by atoms with Gasteiger partial charge in [-0.15, -0.1) is 0 Å². The van der Waals surface area contributed by atoms with Gasteiger partial charge in [-0.25, -0.2) is 4.98 Å². The van der Waals surface area contributed by atoms with Crippen LogP contribution in [0.15, 0.2) is 30.5 Å². The fraction of sp³-hybridized carbons (Fsp3) is 0.154. The molecule has 1 aromatic heterocycles. The summed E-state index contributed by atoms with van der Waals surface area (Å²) in [5.41, 5.74) is 0.492. The van der Waals surface area contributed by atoms with Crippen LogP contribution in [0.4, 0.5) is 5.69 Å². The molecule has 0 aliphatic carbocycles. The third-order valence-corrected chi connectivity index (χ3v) is 3.34. The highest BCUT2D eigenvalue weighted by atomic mass is 35.5. The topological polar surface area (TPSA) is 77.3 Å². The standard InChI is InChI=1S/C13H11Cl2N3O3/c1-16-7-8-3-2-4-17-13(8)21-12-6-10(15)9(14)5-11(12)18(19)20/h2-6,16H,7H2,1H3. The number of nitrogens with zero attached hydrogens (tertiary/aromatic N) is 2. The molecule has 1 N–H and O–H groups in total. The lowest BCUT2D eigenvalue weighted by molar-refractivity contribution is -0.385. The van der Waals surface area contributed by atoms with Crippen molar-refractivity contribution in [1.82, 2.24) is 10.3 Å². The minimum absolute atomic E-state index is 0.00884. The van der Waals surface area contributed by atoms with E-state index in [4.69, 9.17) is 27.9 Å². The molecule has 0 fully saturated rings. The number of nitro benzene ring substituents is 1. The Morgan fingerprint density at radius 1 is 1.38 bits per heavy atom. The molecule has 1 aromatic carbocycles. The molecule has 0 bridgehead atoms. The molecule has 8 heteroatoms. The van der Waals surface area contributed by atoms with Gasteiger partial charge in [0.25, 0.3) is 0 Å². The van der Waals surface area contributed by atoms with Gasteiger partial charge >= 0.3 is 5.69 Å². The van der Waals surface area contributed by atoms with Crippen molar-refractivity contribution in [1.29, 1.82) is 0 Å². The quantitative estimate of drug-likeness (QED) is 0.667. The van der Waals surface area contributed by atoms with E-state index in [-0.39, 0.29) is 27.4 Å². The summed E-state index contributed by atoms with van der Waals surface area (Å²) >= 11 is 11.7. The lowest BCUT2D eigenvalue weighted by Gasteiger charge is -2.10. The van der Waals surface area contributed by atoms with E-state index in [2.05, 4.69) is 10.3 Å². The van der Waals surface area contributed by atoms with E-state index < -0.39 is 4.92 Å². The van der Waals surface area contributed by atoms with Crippen molar-refractivity contribution >= 4 is 28.9 Å². The summed E-state index contributed by atoms with van der Waals surface area (Å²) in [5, 5.41) is 14.3. The van der Waals surface area contributed by atoms with E-state index in [9.17, 15) is 10.1 Å². The normalized spacial score (nSPS) is 10.4. The number of benzene rings is 1. The van der Waals surface area contributed by atoms with Gasteiger partial charge in [0, 0.05) is 30.4 Å². The first kappa shape index (κ1) is 15.5. The van der Waals surface area contributed by atoms with Crippen molar-refractivity contribution in [3.63, 3.8) is 0 Å². The van der Waals surface area contributed by atoms with E-state index in [0.29, 0.717) is 6.54 Å². The zero-order chi connectivity index (χ0) is 15.4. The molecule has 21 heavy (non-hydrogen) atoms. The van der Waals surface area contributed by atoms with Crippen molar-refractivity contribution in [2.45, 2.75) is 6.54 Å². The van der Waals surface area contributed by atoms with E-state index in [1.165, 1.54) is 12.3 Å². The molecule has 0 spiro atoms. The Balaban J connectivity index is 2.44. The smallest absolute Gasteiger partial charge is 0.313 e. The first-order valence-corrected chi connectivity index (χ1v) is 6.68. The maximum absolute atomic E-state index is 11.1. The lowest BCUT2D eigenvalue weighted by Crippen LogP contribution is -2.07. The Labute approximate surface area is 130 Å². The molecule has 0 atom stereocenters. The fourth-order valence-corrected chi connectivity index (χ4v) is 2.00. The summed E-state index contributed by atoms with van der Waals surface area (Å²) in [7, 11) is 1.78. The SMILES string of the molecule is CNCc1cccnc1Oc1cc(Cl)c(Cl)cc1[N+](=O)[O-]. The molecule has 0 saturated carbocycles. The van der Waals surface area contributed by atoms with Gasteiger partial charge < -0.3 is 10.1 Å². The molecule has 0 saturated heterocycles. The lowest BCUT2D eigenvalue weighted by atomic mass is 10.2. The molecule has 2 aromatic rings. The second kappa shape index (κ2) is 6.71. The zero-order valence-electron chi connectivity index (χ0n) is 11.0. The van der Waals surface area contributed by atoms with E-state index >= 15 is 0 Å². The molecular formula is C13H11Cl2N3O3. The van der Waals surface area contributed by atoms with Crippen molar-refractivity contribution in [2.75, 3.05) is 7.05 Å². The molecule has 0 radical (unpaired) electrons. The Bertz CT molecular complexity index is 680. The minimum Gasteiger partial charge on any atom is -0.431 e. The van der Waals surface area contributed by atoms with E-state index in [0.717, 1.165) is 11.6 Å². The molecule has 110 valence electrons.